The average molecular weight is 171 g/mol. The fourth-order valence-corrected chi connectivity index (χ4v) is 1.59. The summed E-state index contributed by atoms with van der Waals surface area (Å²) < 4.78 is 0. The third-order valence-corrected chi connectivity index (χ3v) is 2.42. The van der Waals surface area contributed by atoms with E-state index in [1.165, 1.54) is 11.3 Å². The maximum atomic E-state index is 4.35. The minimum absolute atomic E-state index is 0.431. The third kappa shape index (κ3) is 1.69. The van der Waals surface area contributed by atoms with E-state index in [1.807, 2.05) is 12.3 Å². The standard InChI is InChI=1S/C12H13N/c1-10(12-8-5-9-13-12)11-6-3-2-4-7-11/h2-4,6-10H,5H2,1H3. The molecule has 1 aromatic carbocycles. The van der Waals surface area contributed by atoms with E-state index in [0.717, 1.165) is 6.42 Å². The predicted molar refractivity (Wildman–Crippen MR) is 56.0 cm³/mol. The topological polar surface area (TPSA) is 12.4 Å². The normalized spacial score (nSPS) is 17.2. The van der Waals surface area contributed by atoms with Crippen LogP contribution in [0.15, 0.2) is 47.1 Å². The number of aliphatic imine (C=N–C) groups is 1. The van der Waals surface area contributed by atoms with Crippen LogP contribution in [0.3, 0.4) is 0 Å². The number of hydrogen-bond acceptors (Lipinski definition) is 1. The van der Waals surface area contributed by atoms with Gasteiger partial charge in [-0.1, -0.05) is 43.3 Å². The van der Waals surface area contributed by atoms with Gasteiger partial charge >= 0.3 is 0 Å². The highest BCUT2D eigenvalue weighted by molar-refractivity contribution is 5.65. The lowest BCUT2D eigenvalue weighted by atomic mass is 9.98. The van der Waals surface area contributed by atoms with Crippen molar-refractivity contribution in [1.82, 2.24) is 0 Å². The average Bonchev–Trinajstić information content (AvgIpc) is 2.71. The Morgan fingerprint density at radius 3 is 2.62 bits per heavy atom. The first kappa shape index (κ1) is 8.24. The van der Waals surface area contributed by atoms with Gasteiger partial charge in [0, 0.05) is 24.3 Å². The first-order chi connectivity index (χ1) is 6.38. The summed E-state index contributed by atoms with van der Waals surface area (Å²) in [6.07, 6.45) is 5.15. The molecule has 0 spiro atoms. The Morgan fingerprint density at radius 2 is 2.00 bits per heavy atom. The fourth-order valence-electron chi connectivity index (χ4n) is 1.59. The number of rotatable bonds is 2. The van der Waals surface area contributed by atoms with E-state index in [9.17, 15) is 0 Å². The molecular formula is C12H13N. The summed E-state index contributed by atoms with van der Waals surface area (Å²) in [5.74, 6) is 0.431. The zero-order valence-corrected chi connectivity index (χ0v) is 7.77. The molecule has 0 N–H and O–H groups in total. The van der Waals surface area contributed by atoms with Crippen LogP contribution in [0.4, 0.5) is 0 Å². The summed E-state index contributed by atoms with van der Waals surface area (Å²) in [4.78, 5) is 4.35. The quantitative estimate of drug-likeness (QED) is 0.648. The van der Waals surface area contributed by atoms with Crippen LogP contribution in [0.25, 0.3) is 0 Å². The summed E-state index contributed by atoms with van der Waals surface area (Å²) >= 11 is 0. The van der Waals surface area contributed by atoms with Crippen molar-refractivity contribution >= 4 is 6.21 Å². The Kier molecular flexibility index (Phi) is 2.26. The zero-order chi connectivity index (χ0) is 9.10. The zero-order valence-electron chi connectivity index (χ0n) is 7.77. The Balaban J connectivity index is 2.22. The highest BCUT2D eigenvalue weighted by atomic mass is 14.8. The molecule has 0 radical (unpaired) electrons. The van der Waals surface area contributed by atoms with E-state index < -0.39 is 0 Å². The molecule has 1 nitrogen and oxygen atoms in total. The summed E-state index contributed by atoms with van der Waals surface area (Å²) in [5, 5.41) is 0. The second-order valence-electron chi connectivity index (χ2n) is 3.31. The van der Waals surface area contributed by atoms with Crippen molar-refractivity contribution in [3.05, 3.63) is 47.7 Å². The Bertz CT molecular complexity index is 335. The fraction of sp³-hybridized carbons (Fsp3) is 0.250. The van der Waals surface area contributed by atoms with E-state index in [2.05, 4.69) is 42.3 Å². The van der Waals surface area contributed by atoms with Crippen LogP contribution in [-0.4, -0.2) is 6.21 Å². The van der Waals surface area contributed by atoms with E-state index in [-0.39, 0.29) is 0 Å². The van der Waals surface area contributed by atoms with Crippen LogP contribution in [-0.2, 0) is 0 Å². The van der Waals surface area contributed by atoms with Gasteiger partial charge in [-0.05, 0) is 5.56 Å². The first-order valence-corrected chi connectivity index (χ1v) is 4.65. The smallest absolute Gasteiger partial charge is 0.0435 e. The predicted octanol–water partition coefficient (Wildman–Crippen LogP) is 3.15. The molecule has 1 heteroatoms. The molecule has 13 heavy (non-hydrogen) atoms. The van der Waals surface area contributed by atoms with Gasteiger partial charge in [0.2, 0.25) is 0 Å². The lowest BCUT2D eigenvalue weighted by Crippen LogP contribution is -1.93. The van der Waals surface area contributed by atoms with Crippen LogP contribution in [0.1, 0.15) is 24.8 Å². The molecule has 0 aliphatic carbocycles. The van der Waals surface area contributed by atoms with Crippen LogP contribution in [0.5, 0.6) is 0 Å². The summed E-state index contributed by atoms with van der Waals surface area (Å²) in [6, 6.07) is 10.5. The van der Waals surface area contributed by atoms with Gasteiger partial charge < -0.3 is 0 Å². The second kappa shape index (κ2) is 3.56. The van der Waals surface area contributed by atoms with Gasteiger partial charge in [0.25, 0.3) is 0 Å². The van der Waals surface area contributed by atoms with Crippen molar-refractivity contribution in [2.24, 2.45) is 4.99 Å². The van der Waals surface area contributed by atoms with E-state index >= 15 is 0 Å². The first-order valence-electron chi connectivity index (χ1n) is 4.65. The monoisotopic (exact) mass is 171 g/mol. The Morgan fingerprint density at radius 1 is 1.23 bits per heavy atom. The summed E-state index contributed by atoms with van der Waals surface area (Å²) in [6.45, 7) is 2.20. The van der Waals surface area contributed by atoms with Crippen molar-refractivity contribution < 1.29 is 0 Å². The van der Waals surface area contributed by atoms with Gasteiger partial charge in [-0.25, -0.2) is 0 Å². The van der Waals surface area contributed by atoms with E-state index in [1.54, 1.807) is 0 Å². The van der Waals surface area contributed by atoms with Crippen molar-refractivity contribution in [2.45, 2.75) is 19.3 Å². The number of hydrogen-bond donors (Lipinski definition) is 0. The molecule has 0 amide bonds. The molecule has 0 bridgehead atoms. The lowest BCUT2D eigenvalue weighted by Gasteiger charge is -2.10. The molecule has 1 atom stereocenters. The molecule has 1 aromatic rings. The molecule has 1 aliphatic rings. The maximum absolute atomic E-state index is 4.35. The third-order valence-electron chi connectivity index (χ3n) is 2.42. The van der Waals surface area contributed by atoms with Crippen LogP contribution in [0.2, 0.25) is 0 Å². The van der Waals surface area contributed by atoms with Crippen LogP contribution in [0, 0.1) is 0 Å². The molecule has 0 fully saturated rings. The van der Waals surface area contributed by atoms with Gasteiger partial charge in [-0.3, -0.25) is 4.99 Å². The minimum atomic E-state index is 0.431. The number of benzene rings is 1. The molecular weight excluding hydrogens is 158 g/mol. The number of allylic oxidation sites excluding steroid dienone is 2. The molecule has 1 heterocycles. The van der Waals surface area contributed by atoms with Gasteiger partial charge in [-0.2, -0.15) is 0 Å². The minimum Gasteiger partial charge on any atom is -0.265 e. The Labute approximate surface area is 78.8 Å². The Hall–Kier alpha value is -1.37. The van der Waals surface area contributed by atoms with Crippen LogP contribution < -0.4 is 0 Å². The van der Waals surface area contributed by atoms with Gasteiger partial charge in [0.1, 0.15) is 0 Å². The molecule has 0 saturated carbocycles. The highest BCUT2D eigenvalue weighted by Gasteiger charge is 2.11. The van der Waals surface area contributed by atoms with Crippen molar-refractivity contribution in [3.63, 3.8) is 0 Å². The van der Waals surface area contributed by atoms with Gasteiger partial charge in [-0.15, -0.1) is 0 Å². The molecule has 1 aliphatic heterocycles. The van der Waals surface area contributed by atoms with Crippen LogP contribution >= 0.6 is 0 Å². The number of nitrogens with zero attached hydrogens (tertiary/aromatic N) is 1. The molecule has 1 unspecified atom stereocenters. The summed E-state index contributed by atoms with van der Waals surface area (Å²) in [7, 11) is 0. The molecule has 0 saturated heterocycles. The maximum Gasteiger partial charge on any atom is 0.0435 e. The lowest BCUT2D eigenvalue weighted by molar-refractivity contribution is 0.883. The van der Waals surface area contributed by atoms with Gasteiger partial charge in [0.15, 0.2) is 0 Å². The highest BCUT2D eigenvalue weighted by Crippen LogP contribution is 2.26. The SMILES string of the molecule is CC(C1=CCC=N1)c1ccccc1. The largest absolute Gasteiger partial charge is 0.265 e. The summed E-state index contributed by atoms with van der Waals surface area (Å²) in [5.41, 5.74) is 2.54. The molecule has 0 aromatic heterocycles. The van der Waals surface area contributed by atoms with E-state index in [0.29, 0.717) is 5.92 Å². The second-order valence-corrected chi connectivity index (χ2v) is 3.31. The van der Waals surface area contributed by atoms with E-state index in [4.69, 9.17) is 0 Å². The van der Waals surface area contributed by atoms with Crippen molar-refractivity contribution in [3.8, 4) is 0 Å². The molecule has 66 valence electrons. The molecule has 2 rings (SSSR count). The van der Waals surface area contributed by atoms with Gasteiger partial charge in [0.05, 0.1) is 0 Å². The van der Waals surface area contributed by atoms with Crippen molar-refractivity contribution in [2.75, 3.05) is 0 Å². The van der Waals surface area contributed by atoms with Crippen molar-refractivity contribution in [1.29, 1.82) is 0 Å².